The van der Waals surface area contributed by atoms with Gasteiger partial charge in [-0.25, -0.2) is 14.4 Å². The molecular formula is C22H24FN7O3. The minimum absolute atomic E-state index is 0.106. The number of aromatic nitrogens is 4. The summed E-state index contributed by atoms with van der Waals surface area (Å²) < 4.78 is 20.2. The summed E-state index contributed by atoms with van der Waals surface area (Å²) in [6.45, 7) is 7.28. The van der Waals surface area contributed by atoms with Crippen molar-refractivity contribution in [2.75, 3.05) is 17.7 Å². The zero-order chi connectivity index (χ0) is 24.3. The minimum atomic E-state index is -0.703. The average molecular weight is 453 g/mol. The van der Waals surface area contributed by atoms with E-state index in [0.717, 1.165) is 6.20 Å². The van der Waals surface area contributed by atoms with Gasteiger partial charge in [-0.1, -0.05) is 12.7 Å². The molecule has 0 saturated heterocycles. The fourth-order valence-electron chi connectivity index (χ4n) is 3.17. The summed E-state index contributed by atoms with van der Waals surface area (Å²) >= 11 is 0. The molecule has 0 aromatic carbocycles. The smallest absolute Gasteiger partial charge is 0.277 e. The second kappa shape index (κ2) is 9.39. The van der Waals surface area contributed by atoms with E-state index in [-0.39, 0.29) is 33.6 Å². The van der Waals surface area contributed by atoms with Gasteiger partial charge in [0.1, 0.15) is 22.8 Å². The van der Waals surface area contributed by atoms with Crippen LogP contribution in [0.15, 0.2) is 58.9 Å². The number of ether oxygens (including phenoxy) is 1. The second-order valence-corrected chi connectivity index (χ2v) is 7.11. The fraction of sp³-hybridized carbons (Fsp3) is 0.182. The molecule has 5 N–H and O–H groups in total. The lowest BCUT2D eigenvalue weighted by Gasteiger charge is -2.16. The van der Waals surface area contributed by atoms with Gasteiger partial charge in [0.2, 0.25) is 0 Å². The van der Waals surface area contributed by atoms with Gasteiger partial charge in [-0.15, -0.1) is 0 Å². The lowest BCUT2D eigenvalue weighted by atomic mass is 10.1. The number of carbonyl (C=O) groups excluding carboxylic acids is 1. The number of hydrogen-bond donors (Lipinski definition) is 4. The number of aromatic amines is 1. The van der Waals surface area contributed by atoms with E-state index >= 15 is 0 Å². The van der Waals surface area contributed by atoms with Gasteiger partial charge >= 0.3 is 0 Å². The number of fused-ring (bicyclic) bond motifs is 1. The van der Waals surface area contributed by atoms with Crippen molar-refractivity contribution in [2.24, 2.45) is 12.8 Å². The number of primary amides is 1. The molecule has 0 fully saturated rings. The number of nitrogens with one attached hydrogen (secondary N) is 3. The molecule has 0 radical (unpaired) electrons. The number of nitrogens with two attached hydrogens (primary N) is 1. The number of aryl methyl sites for hydroxylation is 2. The lowest BCUT2D eigenvalue weighted by molar-refractivity contribution is -0.114. The first-order valence-electron chi connectivity index (χ1n) is 9.82. The van der Waals surface area contributed by atoms with Crippen LogP contribution in [0, 0.1) is 12.7 Å². The number of hydrogen-bond acceptors (Lipinski definition) is 7. The van der Waals surface area contributed by atoms with E-state index in [1.165, 1.54) is 23.9 Å². The molecular weight excluding hydrogens is 429 g/mol. The molecule has 0 aliphatic heterocycles. The number of rotatable bonds is 8. The van der Waals surface area contributed by atoms with Crippen LogP contribution >= 0.6 is 0 Å². The van der Waals surface area contributed by atoms with Crippen molar-refractivity contribution < 1.29 is 13.9 Å². The van der Waals surface area contributed by atoms with Gasteiger partial charge in [-0.05, 0) is 31.6 Å². The Bertz CT molecular complexity index is 1370. The van der Waals surface area contributed by atoms with Gasteiger partial charge in [0, 0.05) is 13.1 Å². The van der Waals surface area contributed by atoms with Crippen molar-refractivity contribution in [3.63, 3.8) is 0 Å². The maximum atomic E-state index is 13.6. The molecule has 0 unspecified atom stereocenters. The molecule has 3 heterocycles. The predicted octanol–water partition coefficient (Wildman–Crippen LogP) is 2.74. The predicted molar refractivity (Wildman–Crippen MR) is 124 cm³/mol. The van der Waals surface area contributed by atoms with Gasteiger partial charge in [0.25, 0.3) is 11.5 Å². The molecule has 0 aliphatic rings. The van der Waals surface area contributed by atoms with Gasteiger partial charge in [0.15, 0.2) is 11.4 Å². The molecule has 0 bridgehead atoms. The molecule has 172 valence electrons. The molecule has 11 heteroatoms. The van der Waals surface area contributed by atoms with Crippen LogP contribution in [0.4, 0.5) is 21.7 Å². The number of nitrogens with zero attached hydrogens (tertiary/aromatic N) is 3. The summed E-state index contributed by atoms with van der Waals surface area (Å²) in [5.74, 6) is -0.330. The molecule has 0 aliphatic carbocycles. The Hall–Kier alpha value is -4.41. The lowest BCUT2D eigenvalue weighted by Crippen LogP contribution is -2.18. The van der Waals surface area contributed by atoms with E-state index < -0.39 is 11.7 Å². The number of amides is 1. The molecule has 0 saturated carbocycles. The highest BCUT2D eigenvalue weighted by Gasteiger charge is 2.18. The highest BCUT2D eigenvalue weighted by Crippen LogP contribution is 2.27. The van der Waals surface area contributed by atoms with Crippen LogP contribution in [-0.4, -0.2) is 32.8 Å². The Morgan fingerprint density at radius 3 is 2.70 bits per heavy atom. The maximum Gasteiger partial charge on any atom is 0.277 e. The summed E-state index contributed by atoms with van der Waals surface area (Å²) in [5, 5.41) is 9.14. The summed E-state index contributed by atoms with van der Waals surface area (Å²) in [6, 6.07) is 3.10. The SMILES string of the molecule is C=C(Nc1cc(Nc2cc(C)c(F)cn2)nc2[nH]n(C)c(=O)c12)/C(OC)=C(\C=C/C)C(N)=O. The quantitative estimate of drug-likeness (QED) is 0.234. The Labute approximate surface area is 188 Å². The van der Waals surface area contributed by atoms with Crippen molar-refractivity contribution in [1.82, 2.24) is 19.7 Å². The first kappa shape index (κ1) is 23.3. The van der Waals surface area contributed by atoms with E-state index in [2.05, 4.69) is 32.3 Å². The highest BCUT2D eigenvalue weighted by molar-refractivity contribution is 5.97. The number of carbonyl (C=O) groups is 1. The van der Waals surface area contributed by atoms with Gasteiger partial charge in [-0.3, -0.25) is 19.4 Å². The molecule has 0 spiro atoms. The van der Waals surface area contributed by atoms with Crippen LogP contribution in [0.3, 0.4) is 0 Å². The van der Waals surface area contributed by atoms with Crippen LogP contribution in [0.5, 0.6) is 0 Å². The number of allylic oxidation sites excluding steroid dienone is 1. The Morgan fingerprint density at radius 1 is 1.36 bits per heavy atom. The highest BCUT2D eigenvalue weighted by atomic mass is 19.1. The Kier molecular flexibility index (Phi) is 6.61. The van der Waals surface area contributed by atoms with Crippen LogP contribution in [-0.2, 0) is 16.6 Å². The minimum Gasteiger partial charge on any atom is -0.494 e. The summed E-state index contributed by atoms with van der Waals surface area (Å²) in [6.07, 6.45) is 4.24. The van der Waals surface area contributed by atoms with E-state index in [1.54, 1.807) is 33.0 Å². The van der Waals surface area contributed by atoms with E-state index in [0.29, 0.717) is 22.9 Å². The standard InChI is InChI=1S/C22H24FN7O3/c1-6-7-13(20(24)31)19(33-5)12(3)26-15-9-17(27-16-8-11(2)14(23)10-25-16)28-21-18(15)22(32)30(4)29-21/h6-10H,3H2,1-2,4-5H3,(H2,24,31)(H3,25,26,27,28,29)/b7-6-,19-13-. The van der Waals surface area contributed by atoms with Crippen molar-refractivity contribution in [1.29, 1.82) is 0 Å². The zero-order valence-electron chi connectivity index (χ0n) is 18.6. The molecule has 3 aromatic heterocycles. The third-order valence-corrected chi connectivity index (χ3v) is 4.72. The molecule has 10 nitrogen and oxygen atoms in total. The van der Waals surface area contributed by atoms with Gasteiger partial charge < -0.3 is 21.1 Å². The van der Waals surface area contributed by atoms with E-state index in [9.17, 15) is 14.0 Å². The Balaban J connectivity index is 2.09. The van der Waals surface area contributed by atoms with Gasteiger partial charge in [0.05, 0.1) is 30.3 Å². The van der Waals surface area contributed by atoms with E-state index in [4.69, 9.17) is 10.5 Å². The number of methoxy groups -OCH3 is 1. The van der Waals surface area contributed by atoms with Crippen molar-refractivity contribution in [3.8, 4) is 0 Å². The fourth-order valence-corrected chi connectivity index (χ4v) is 3.17. The molecule has 3 rings (SSSR count). The normalized spacial score (nSPS) is 12.0. The van der Waals surface area contributed by atoms with Crippen LogP contribution < -0.4 is 21.9 Å². The monoisotopic (exact) mass is 453 g/mol. The number of anilines is 3. The molecule has 1 amide bonds. The van der Waals surface area contributed by atoms with Crippen molar-refractivity contribution >= 4 is 34.3 Å². The first-order chi connectivity index (χ1) is 15.7. The number of H-pyrrole nitrogens is 1. The largest absolute Gasteiger partial charge is 0.494 e. The topological polar surface area (TPSA) is 140 Å². The number of pyridine rings is 2. The third kappa shape index (κ3) is 4.76. The average Bonchev–Trinajstić information content (AvgIpc) is 3.04. The van der Waals surface area contributed by atoms with Crippen LogP contribution in [0.25, 0.3) is 11.0 Å². The van der Waals surface area contributed by atoms with Crippen molar-refractivity contribution in [3.05, 3.63) is 75.8 Å². The van der Waals surface area contributed by atoms with Crippen molar-refractivity contribution in [2.45, 2.75) is 13.8 Å². The van der Waals surface area contributed by atoms with Crippen LogP contribution in [0.1, 0.15) is 12.5 Å². The molecule has 3 aromatic rings. The zero-order valence-corrected chi connectivity index (χ0v) is 18.6. The number of halogens is 1. The first-order valence-corrected chi connectivity index (χ1v) is 9.82. The van der Waals surface area contributed by atoms with Crippen LogP contribution in [0.2, 0.25) is 0 Å². The Morgan fingerprint density at radius 2 is 2.09 bits per heavy atom. The molecule has 33 heavy (non-hydrogen) atoms. The van der Waals surface area contributed by atoms with E-state index in [1.807, 2.05) is 0 Å². The summed E-state index contributed by atoms with van der Waals surface area (Å²) in [7, 11) is 2.93. The third-order valence-electron chi connectivity index (χ3n) is 4.72. The summed E-state index contributed by atoms with van der Waals surface area (Å²) in [5.41, 5.74) is 6.48. The second-order valence-electron chi connectivity index (χ2n) is 7.11. The van der Waals surface area contributed by atoms with Gasteiger partial charge in [-0.2, -0.15) is 0 Å². The molecule has 0 atom stereocenters. The summed E-state index contributed by atoms with van der Waals surface area (Å²) in [4.78, 5) is 33.0. The maximum absolute atomic E-state index is 13.6.